The third-order valence-electron chi connectivity index (χ3n) is 4.54. The first-order chi connectivity index (χ1) is 11.9. The second-order valence-electron chi connectivity index (χ2n) is 6.62. The Balaban J connectivity index is 1.67. The monoisotopic (exact) mass is 359 g/mol. The van der Waals surface area contributed by atoms with Gasteiger partial charge in [0.05, 0.1) is 10.6 Å². The van der Waals surface area contributed by atoms with E-state index < -0.39 is 10.0 Å². The van der Waals surface area contributed by atoms with Crippen molar-refractivity contribution in [3.63, 3.8) is 0 Å². The zero-order valence-electron chi connectivity index (χ0n) is 14.9. The molecule has 1 aromatic heterocycles. The number of rotatable bonds is 4. The van der Waals surface area contributed by atoms with Crippen LogP contribution in [0.5, 0.6) is 0 Å². The molecule has 134 valence electrons. The summed E-state index contributed by atoms with van der Waals surface area (Å²) in [6, 6.07) is 13.1. The molecule has 0 amide bonds. The second-order valence-corrected chi connectivity index (χ2v) is 8.56. The summed E-state index contributed by atoms with van der Waals surface area (Å²) in [7, 11) is -3.41. The molecule has 0 radical (unpaired) electrons. The highest BCUT2D eigenvalue weighted by molar-refractivity contribution is 7.89. The number of aromatic nitrogens is 1. The van der Waals surface area contributed by atoms with Crippen LogP contribution in [0.2, 0.25) is 0 Å². The van der Waals surface area contributed by atoms with Crippen LogP contribution in [0.15, 0.2) is 47.4 Å². The van der Waals surface area contributed by atoms with Crippen LogP contribution in [0.25, 0.3) is 0 Å². The van der Waals surface area contributed by atoms with Crippen LogP contribution in [-0.4, -0.2) is 48.8 Å². The van der Waals surface area contributed by atoms with E-state index in [1.54, 1.807) is 16.4 Å². The molecule has 25 heavy (non-hydrogen) atoms. The number of hydrogen-bond acceptors (Lipinski definition) is 4. The Labute approximate surface area is 150 Å². The van der Waals surface area contributed by atoms with Gasteiger partial charge in [-0.2, -0.15) is 4.31 Å². The number of pyridine rings is 1. The van der Waals surface area contributed by atoms with E-state index in [-0.39, 0.29) is 0 Å². The summed E-state index contributed by atoms with van der Waals surface area (Å²) in [5.74, 6) is 0. The van der Waals surface area contributed by atoms with E-state index in [0.29, 0.717) is 18.0 Å². The van der Waals surface area contributed by atoms with E-state index in [1.807, 2.05) is 44.2 Å². The fourth-order valence-electron chi connectivity index (χ4n) is 3.12. The average molecular weight is 359 g/mol. The highest BCUT2D eigenvalue weighted by atomic mass is 32.2. The molecule has 0 atom stereocenters. The highest BCUT2D eigenvalue weighted by Crippen LogP contribution is 2.19. The van der Waals surface area contributed by atoms with E-state index >= 15 is 0 Å². The first kappa shape index (κ1) is 18.0. The van der Waals surface area contributed by atoms with Crippen LogP contribution in [0.3, 0.4) is 0 Å². The molecule has 1 aliphatic rings. The topological polar surface area (TPSA) is 53.5 Å². The van der Waals surface area contributed by atoms with Crippen molar-refractivity contribution in [2.24, 2.45) is 0 Å². The van der Waals surface area contributed by atoms with E-state index in [4.69, 9.17) is 0 Å². The zero-order chi connectivity index (χ0) is 17.9. The third-order valence-corrected chi connectivity index (χ3v) is 6.45. The van der Waals surface area contributed by atoms with Crippen molar-refractivity contribution in [3.8, 4) is 0 Å². The predicted octanol–water partition coefficient (Wildman–Crippen LogP) is 2.60. The van der Waals surface area contributed by atoms with Gasteiger partial charge in [0.15, 0.2) is 0 Å². The van der Waals surface area contributed by atoms with Crippen LogP contribution in [-0.2, 0) is 16.6 Å². The largest absolute Gasteiger partial charge is 0.296 e. The van der Waals surface area contributed by atoms with Crippen LogP contribution in [0.1, 0.15) is 23.4 Å². The molecule has 0 unspecified atom stereocenters. The van der Waals surface area contributed by atoms with Crippen molar-refractivity contribution in [1.29, 1.82) is 0 Å². The van der Waals surface area contributed by atoms with E-state index in [1.165, 1.54) is 0 Å². The minimum absolute atomic E-state index is 0.381. The molecule has 2 aromatic rings. The lowest BCUT2D eigenvalue weighted by atomic mass is 10.2. The number of hydrogen-bond donors (Lipinski definition) is 0. The summed E-state index contributed by atoms with van der Waals surface area (Å²) in [5.41, 5.74) is 3.11. The fraction of sp³-hybridized carbons (Fsp3) is 0.421. The summed E-state index contributed by atoms with van der Waals surface area (Å²) >= 11 is 0. The molecule has 3 rings (SSSR count). The Hall–Kier alpha value is -1.76. The Bertz CT molecular complexity index is 819. The normalized spacial score (nSPS) is 17.4. The van der Waals surface area contributed by atoms with Gasteiger partial charge < -0.3 is 0 Å². The molecular weight excluding hydrogens is 334 g/mol. The standard InChI is InChI=1S/C19H25N3O2S/c1-16-7-9-19(10-8-16)25(23,24)22-12-4-11-21(13-14-22)15-18-6-3-5-17(2)20-18/h3,5-10H,4,11-15H2,1-2H3. The smallest absolute Gasteiger partial charge is 0.243 e. The lowest BCUT2D eigenvalue weighted by molar-refractivity contribution is 0.275. The van der Waals surface area contributed by atoms with Gasteiger partial charge in [-0.3, -0.25) is 9.88 Å². The summed E-state index contributed by atoms with van der Waals surface area (Å²) in [6.45, 7) is 7.40. The van der Waals surface area contributed by atoms with Crippen LogP contribution < -0.4 is 0 Å². The van der Waals surface area contributed by atoms with Crippen LogP contribution >= 0.6 is 0 Å². The first-order valence-corrected chi connectivity index (χ1v) is 10.1. The van der Waals surface area contributed by atoms with Crippen LogP contribution in [0.4, 0.5) is 0 Å². The van der Waals surface area contributed by atoms with Gasteiger partial charge in [0.2, 0.25) is 10.0 Å². The van der Waals surface area contributed by atoms with Crippen LogP contribution in [0, 0.1) is 13.8 Å². The lowest BCUT2D eigenvalue weighted by Gasteiger charge is -2.21. The Morgan fingerprint density at radius 1 is 0.960 bits per heavy atom. The van der Waals surface area contributed by atoms with Gasteiger partial charge in [-0.05, 0) is 51.1 Å². The van der Waals surface area contributed by atoms with Gasteiger partial charge in [0.1, 0.15) is 0 Å². The molecule has 1 saturated heterocycles. The third kappa shape index (κ3) is 4.45. The molecule has 0 saturated carbocycles. The first-order valence-electron chi connectivity index (χ1n) is 8.67. The fourth-order valence-corrected chi connectivity index (χ4v) is 4.59. The van der Waals surface area contributed by atoms with Gasteiger partial charge in [-0.15, -0.1) is 0 Å². The zero-order valence-corrected chi connectivity index (χ0v) is 15.7. The molecular formula is C19H25N3O2S. The van der Waals surface area contributed by atoms with Crippen molar-refractivity contribution in [3.05, 3.63) is 59.4 Å². The molecule has 1 aliphatic heterocycles. The summed E-state index contributed by atoms with van der Waals surface area (Å²) in [4.78, 5) is 7.21. The van der Waals surface area contributed by atoms with Crippen molar-refractivity contribution >= 4 is 10.0 Å². The molecule has 5 nitrogen and oxygen atoms in total. The SMILES string of the molecule is Cc1ccc(S(=O)(=O)N2CCCN(Cc3cccc(C)n3)CC2)cc1. The van der Waals surface area contributed by atoms with Gasteiger partial charge in [0, 0.05) is 31.9 Å². The minimum Gasteiger partial charge on any atom is -0.296 e. The molecule has 0 bridgehead atoms. The molecule has 2 heterocycles. The maximum atomic E-state index is 12.9. The van der Waals surface area contributed by atoms with Crippen molar-refractivity contribution in [2.75, 3.05) is 26.2 Å². The van der Waals surface area contributed by atoms with Gasteiger partial charge in [-0.1, -0.05) is 23.8 Å². The Kier molecular flexibility index (Phi) is 5.51. The Morgan fingerprint density at radius 2 is 1.72 bits per heavy atom. The quantitative estimate of drug-likeness (QED) is 0.842. The van der Waals surface area contributed by atoms with Gasteiger partial charge >= 0.3 is 0 Å². The van der Waals surface area contributed by atoms with Gasteiger partial charge in [-0.25, -0.2) is 8.42 Å². The number of sulfonamides is 1. The lowest BCUT2D eigenvalue weighted by Crippen LogP contribution is -2.35. The average Bonchev–Trinajstić information content (AvgIpc) is 2.81. The maximum absolute atomic E-state index is 12.9. The number of aryl methyl sites for hydroxylation is 2. The number of nitrogens with zero attached hydrogens (tertiary/aromatic N) is 3. The predicted molar refractivity (Wildman–Crippen MR) is 98.8 cm³/mol. The number of benzene rings is 1. The second kappa shape index (κ2) is 7.64. The summed E-state index contributed by atoms with van der Waals surface area (Å²) in [5, 5.41) is 0. The summed E-state index contributed by atoms with van der Waals surface area (Å²) in [6.07, 6.45) is 0.830. The van der Waals surface area contributed by atoms with Crippen molar-refractivity contribution in [1.82, 2.24) is 14.2 Å². The van der Waals surface area contributed by atoms with E-state index in [2.05, 4.69) is 9.88 Å². The maximum Gasteiger partial charge on any atom is 0.243 e. The minimum atomic E-state index is -3.41. The summed E-state index contributed by atoms with van der Waals surface area (Å²) < 4.78 is 27.3. The molecule has 6 heteroatoms. The molecule has 1 aromatic carbocycles. The molecule has 0 spiro atoms. The Morgan fingerprint density at radius 3 is 2.44 bits per heavy atom. The highest BCUT2D eigenvalue weighted by Gasteiger charge is 2.26. The van der Waals surface area contributed by atoms with E-state index in [0.717, 1.165) is 43.0 Å². The molecule has 0 aliphatic carbocycles. The molecule has 0 N–H and O–H groups in total. The van der Waals surface area contributed by atoms with E-state index in [9.17, 15) is 8.42 Å². The van der Waals surface area contributed by atoms with Gasteiger partial charge in [0.25, 0.3) is 0 Å². The van der Waals surface area contributed by atoms with Crippen molar-refractivity contribution < 1.29 is 8.42 Å². The van der Waals surface area contributed by atoms with Crippen molar-refractivity contribution in [2.45, 2.75) is 31.7 Å². The molecule has 1 fully saturated rings.